The van der Waals surface area contributed by atoms with Gasteiger partial charge in [-0.1, -0.05) is 0 Å². The molecule has 0 aliphatic carbocycles. The zero-order valence-electron chi connectivity index (χ0n) is 10.7. The maximum Gasteiger partial charge on any atom is 0.271 e. The molecule has 1 aromatic heterocycles. The Balaban J connectivity index is 2.24. The monoisotopic (exact) mass is 355 g/mol. The fourth-order valence-electron chi connectivity index (χ4n) is 1.41. The van der Waals surface area contributed by atoms with Crippen LogP contribution in [0.4, 0.5) is 11.6 Å². The lowest BCUT2D eigenvalue weighted by molar-refractivity contribution is -0.385. The number of hydrogen-bond donors (Lipinski definition) is 3. The lowest BCUT2D eigenvalue weighted by Crippen LogP contribution is -2.13. The van der Waals surface area contributed by atoms with Crippen molar-refractivity contribution < 1.29 is 10.0 Å². The highest BCUT2D eigenvalue weighted by Crippen LogP contribution is 2.31. The molecule has 0 unspecified atom stereocenters. The second-order valence-corrected chi connectivity index (χ2v) is 4.79. The second kappa shape index (κ2) is 5.75. The minimum absolute atomic E-state index is 0.156. The van der Waals surface area contributed by atoms with Gasteiger partial charge >= 0.3 is 0 Å². The number of nitro benzene ring substituents is 1. The van der Waals surface area contributed by atoms with Crippen molar-refractivity contribution in [1.29, 1.82) is 0 Å². The van der Waals surface area contributed by atoms with Crippen LogP contribution in [0.2, 0.25) is 0 Å². The molecular weight excluding hydrogens is 346 g/mol. The van der Waals surface area contributed by atoms with E-state index in [2.05, 4.69) is 36.7 Å². The SMILES string of the molecule is Cc1nnc(N/N=C/c2cc([N+](=O)[O-])cc(Br)c2O)n1N. The van der Waals surface area contributed by atoms with Gasteiger partial charge in [0.15, 0.2) is 5.82 Å². The summed E-state index contributed by atoms with van der Waals surface area (Å²) in [5.74, 6) is 6.11. The van der Waals surface area contributed by atoms with Crippen molar-refractivity contribution in [2.24, 2.45) is 5.10 Å². The molecule has 10 nitrogen and oxygen atoms in total. The number of hydrogen-bond acceptors (Lipinski definition) is 8. The summed E-state index contributed by atoms with van der Waals surface area (Å²) in [5.41, 5.74) is 2.49. The van der Waals surface area contributed by atoms with E-state index < -0.39 is 4.92 Å². The van der Waals surface area contributed by atoms with Gasteiger partial charge in [0.1, 0.15) is 5.75 Å². The van der Waals surface area contributed by atoms with Gasteiger partial charge in [-0.3, -0.25) is 10.1 Å². The topological polar surface area (TPSA) is 144 Å². The highest BCUT2D eigenvalue weighted by molar-refractivity contribution is 9.10. The van der Waals surface area contributed by atoms with Crippen LogP contribution < -0.4 is 11.3 Å². The molecule has 21 heavy (non-hydrogen) atoms. The minimum atomic E-state index is -0.575. The zero-order valence-corrected chi connectivity index (χ0v) is 12.3. The summed E-state index contributed by atoms with van der Waals surface area (Å²) in [4.78, 5) is 10.2. The summed E-state index contributed by atoms with van der Waals surface area (Å²) < 4.78 is 1.37. The van der Waals surface area contributed by atoms with Gasteiger partial charge in [0.05, 0.1) is 15.6 Å². The molecule has 110 valence electrons. The molecular formula is C10H10BrN7O3. The number of nitrogens with zero attached hydrogens (tertiary/aromatic N) is 5. The predicted octanol–water partition coefficient (Wildman–Crippen LogP) is 1.12. The van der Waals surface area contributed by atoms with Crippen molar-refractivity contribution in [2.45, 2.75) is 6.92 Å². The Bertz CT molecular complexity index is 728. The third kappa shape index (κ3) is 3.08. The quantitative estimate of drug-likeness (QED) is 0.322. The summed E-state index contributed by atoms with van der Waals surface area (Å²) in [6, 6.07) is 2.38. The first-order chi connectivity index (χ1) is 9.90. The van der Waals surface area contributed by atoms with Crippen LogP contribution >= 0.6 is 15.9 Å². The van der Waals surface area contributed by atoms with Gasteiger partial charge in [-0.25, -0.2) is 10.1 Å². The third-order valence-corrected chi connectivity index (χ3v) is 3.13. The van der Waals surface area contributed by atoms with Crippen molar-refractivity contribution in [3.05, 3.63) is 38.1 Å². The fourth-order valence-corrected chi connectivity index (χ4v) is 1.88. The molecule has 1 heterocycles. The molecule has 1 aromatic carbocycles. The standard InChI is InChI=1S/C10H10BrN7O3/c1-5-14-16-10(17(5)12)15-13-4-6-2-7(18(20)21)3-8(11)9(6)19/h2-4,19H,12H2,1H3,(H,15,16)/b13-4+. The van der Waals surface area contributed by atoms with Crippen molar-refractivity contribution in [3.63, 3.8) is 0 Å². The maximum absolute atomic E-state index is 10.8. The largest absolute Gasteiger partial charge is 0.506 e. The second-order valence-electron chi connectivity index (χ2n) is 3.93. The van der Waals surface area contributed by atoms with Gasteiger partial charge < -0.3 is 10.9 Å². The van der Waals surface area contributed by atoms with Crippen molar-refractivity contribution in [2.75, 3.05) is 11.3 Å². The average Bonchev–Trinajstić information content (AvgIpc) is 2.75. The van der Waals surface area contributed by atoms with Crippen LogP contribution in [0.25, 0.3) is 0 Å². The van der Waals surface area contributed by atoms with Crippen LogP contribution in [0.5, 0.6) is 5.75 Å². The molecule has 0 amide bonds. The molecule has 0 atom stereocenters. The van der Waals surface area contributed by atoms with E-state index in [1.807, 2.05) is 0 Å². The van der Waals surface area contributed by atoms with Crippen LogP contribution in [0.15, 0.2) is 21.7 Å². The van der Waals surface area contributed by atoms with Gasteiger partial charge in [0.2, 0.25) is 0 Å². The number of nitrogen functional groups attached to an aromatic ring is 1. The number of anilines is 1. The van der Waals surface area contributed by atoms with Crippen molar-refractivity contribution in [3.8, 4) is 5.75 Å². The maximum atomic E-state index is 10.8. The number of aromatic hydroxyl groups is 1. The van der Waals surface area contributed by atoms with Gasteiger partial charge in [0.25, 0.3) is 11.6 Å². The van der Waals surface area contributed by atoms with E-state index in [1.54, 1.807) is 6.92 Å². The molecule has 0 fully saturated rings. The third-order valence-electron chi connectivity index (χ3n) is 2.52. The number of nitro groups is 1. The van der Waals surface area contributed by atoms with Gasteiger partial charge in [-0.2, -0.15) is 5.10 Å². The molecule has 0 saturated heterocycles. The molecule has 0 bridgehead atoms. The van der Waals surface area contributed by atoms with Crippen LogP contribution in [-0.4, -0.2) is 31.1 Å². The first-order valence-electron chi connectivity index (χ1n) is 5.53. The van der Waals surface area contributed by atoms with Crippen molar-refractivity contribution in [1.82, 2.24) is 14.9 Å². The van der Waals surface area contributed by atoms with E-state index in [0.717, 1.165) is 0 Å². The molecule has 0 aliphatic heterocycles. The Kier molecular flexibility index (Phi) is 4.03. The smallest absolute Gasteiger partial charge is 0.271 e. The highest BCUT2D eigenvalue weighted by atomic mass is 79.9. The lowest BCUT2D eigenvalue weighted by atomic mass is 10.2. The summed E-state index contributed by atoms with van der Waals surface area (Å²) in [7, 11) is 0. The number of phenols is 1. The number of halogens is 1. The predicted molar refractivity (Wildman–Crippen MR) is 78.6 cm³/mol. The Morgan fingerprint density at radius 1 is 1.57 bits per heavy atom. The molecule has 0 saturated carbocycles. The van der Waals surface area contributed by atoms with Gasteiger partial charge in [-0.15, -0.1) is 10.2 Å². The molecule has 4 N–H and O–H groups in total. The van der Waals surface area contributed by atoms with Crippen LogP contribution in [0.1, 0.15) is 11.4 Å². The molecule has 2 rings (SSSR count). The molecule has 11 heteroatoms. The van der Waals surface area contributed by atoms with E-state index in [-0.39, 0.29) is 27.4 Å². The summed E-state index contributed by atoms with van der Waals surface area (Å²) in [5, 5.41) is 31.8. The number of aryl methyl sites for hydroxylation is 1. The normalized spacial score (nSPS) is 11.0. The Morgan fingerprint density at radius 3 is 2.86 bits per heavy atom. The number of rotatable bonds is 4. The van der Waals surface area contributed by atoms with E-state index >= 15 is 0 Å². The molecule has 0 aliphatic rings. The molecule has 2 aromatic rings. The van der Waals surface area contributed by atoms with Crippen LogP contribution in [0, 0.1) is 17.0 Å². The zero-order chi connectivity index (χ0) is 15.6. The number of benzene rings is 1. The first-order valence-corrected chi connectivity index (χ1v) is 6.32. The lowest BCUT2D eigenvalue weighted by Gasteiger charge is -2.02. The highest BCUT2D eigenvalue weighted by Gasteiger charge is 2.13. The van der Waals surface area contributed by atoms with Gasteiger partial charge in [-0.05, 0) is 22.9 Å². The molecule has 0 spiro atoms. The summed E-state index contributed by atoms with van der Waals surface area (Å²) in [6.45, 7) is 1.66. The fraction of sp³-hybridized carbons (Fsp3) is 0.100. The Morgan fingerprint density at radius 2 is 2.29 bits per heavy atom. The number of nitrogens with two attached hydrogens (primary N) is 1. The molecule has 0 radical (unpaired) electrons. The van der Waals surface area contributed by atoms with E-state index in [1.165, 1.54) is 23.0 Å². The Labute approximate surface area is 126 Å². The van der Waals surface area contributed by atoms with Crippen LogP contribution in [-0.2, 0) is 0 Å². The van der Waals surface area contributed by atoms with E-state index in [0.29, 0.717) is 5.82 Å². The first kappa shape index (κ1) is 14.7. The summed E-state index contributed by atoms with van der Waals surface area (Å²) >= 11 is 3.03. The van der Waals surface area contributed by atoms with Crippen molar-refractivity contribution >= 4 is 33.8 Å². The Hall–Kier alpha value is -2.69. The minimum Gasteiger partial charge on any atom is -0.506 e. The number of aromatic nitrogens is 3. The van der Waals surface area contributed by atoms with E-state index in [4.69, 9.17) is 5.84 Å². The number of phenolic OH excluding ortho intramolecular Hbond substituents is 1. The average molecular weight is 356 g/mol. The summed E-state index contributed by atoms with van der Waals surface area (Å²) in [6.07, 6.45) is 1.21. The van der Waals surface area contributed by atoms with Gasteiger partial charge in [0, 0.05) is 17.7 Å². The van der Waals surface area contributed by atoms with Crippen LogP contribution in [0.3, 0.4) is 0 Å². The van der Waals surface area contributed by atoms with E-state index in [9.17, 15) is 15.2 Å². The number of hydrazone groups is 1. The number of non-ortho nitro benzene ring substituents is 1. The number of nitrogens with one attached hydrogen (secondary N) is 1.